The van der Waals surface area contributed by atoms with Gasteiger partial charge < -0.3 is 10.2 Å². The van der Waals surface area contributed by atoms with Crippen LogP contribution in [0.3, 0.4) is 0 Å². The summed E-state index contributed by atoms with van der Waals surface area (Å²) in [6.07, 6.45) is 7.08. The summed E-state index contributed by atoms with van der Waals surface area (Å²) in [5.74, 6) is 1.60. The number of hydrogen-bond donors (Lipinski definition) is 1. The van der Waals surface area contributed by atoms with Crippen LogP contribution in [0.5, 0.6) is 0 Å². The number of benzene rings is 2. The van der Waals surface area contributed by atoms with E-state index in [1.54, 1.807) is 67.9 Å². The Hall–Kier alpha value is -7.22. The molecule has 4 aromatic heterocycles. The van der Waals surface area contributed by atoms with Crippen molar-refractivity contribution in [2.45, 2.75) is 66.2 Å². The van der Waals surface area contributed by atoms with E-state index in [9.17, 15) is 19.2 Å². The van der Waals surface area contributed by atoms with Crippen molar-refractivity contribution in [1.29, 1.82) is 0 Å². The van der Waals surface area contributed by atoms with E-state index in [-0.39, 0.29) is 23.6 Å². The number of nitrogens with one attached hydrogen (secondary N) is 1. The van der Waals surface area contributed by atoms with Crippen LogP contribution in [0.1, 0.15) is 82.6 Å². The van der Waals surface area contributed by atoms with E-state index in [1.807, 2.05) is 104 Å². The second-order valence-corrected chi connectivity index (χ2v) is 16.5. The van der Waals surface area contributed by atoms with Crippen molar-refractivity contribution in [1.82, 2.24) is 40.1 Å². The molecule has 310 valence electrons. The average Bonchev–Trinajstić information content (AvgIpc) is 3.57. The third kappa shape index (κ3) is 7.49. The van der Waals surface area contributed by atoms with Crippen LogP contribution in [0, 0.1) is 27.7 Å². The molecule has 14 heteroatoms. The van der Waals surface area contributed by atoms with Gasteiger partial charge in [-0.25, -0.2) is 29.9 Å². The Labute approximate surface area is 355 Å². The van der Waals surface area contributed by atoms with E-state index in [4.69, 9.17) is 0 Å². The topological polar surface area (TPSA) is 167 Å². The quantitative estimate of drug-likeness (QED) is 0.180. The van der Waals surface area contributed by atoms with E-state index < -0.39 is 10.8 Å². The Morgan fingerprint density at radius 3 is 1.36 bits per heavy atom. The van der Waals surface area contributed by atoms with Crippen LogP contribution < -0.4 is 15.1 Å². The number of nitrogens with zero attached hydrogens (tertiary/aromatic N) is 9. The number of aryl methyl sites for hydroxylation is 4. The molecule has 61 heavy (non-hydrogen) atoms. The van der Waals surface area contributed by atoms with Gasteiger partial charge in [0.05, 0.1) is 22.2 Å². The molecular formula is C47H48N10O4. The minimum Gasteiger partial charge on any atom is -0.354 e. The van der Waals surface area contributed by atoms with Crippen molar-refractivity contribution in [3.63, 3.8) is 0 Å². The monoisotopic (exact) mass is 816 g/mol. The molecule has 0 unspecified atom stereocenters. The first-order chi connectivity index (χ1) is 28.8. The highest BCUT2D eigenvalue weighted by molar-refractivity contribution is 6.13. The maximum absolute atomic E-state index is 13.4. The molecule has 2 aliphatic heterocycles. The molecule has 1 N–H and O–H groups in total. The van der Waals surface area contributed by atoms with Crippen LogP contribution in [0.4, 0.5) is 23.0 Å². The molecule has 0 aliphatic carbocycles. The standard InChI is InChI=1S/C24H25N5O2.C23H23N5O2/c1-14-7-10-20(27-21(14)22(30)28(5)6)29-19-11-16(17-12-25-15(2)26-13-17)8-9-18(19)24(3,4)23(29)31;1-13-6-9-19(27-20(13)21(29)24-5)28-18-10-15(16-11-25-14(2)26-12-16)7-8-17(18)23(3,4)22(28)30/h7-13H,1-6H3;6-12H,1-5H3,(H,24,29). The van der Waals surface area contributed by atoms with E-state index in [0.29, 0.717) is 34.7 Å². The second-order valence-electron chi connectivity index (χ2n) is 16.5. The molecule has 2 aliphatic rings. The predicted molar refractivity (Wildman–Crippen MR) is 234 cm³/mol. The Morgan fingerprint density at radius 2 is 0.967 bits per heavy atom. The minimum atomic E-state index is -0.712. The van der Waals surface area contributed by atoms with E-state index >= 15 is 0 Å². The summed E-state index contributed by atoms with van der Waals surface area (Å²) in [6, 6.07) is 19.0. The molecule has 8 rings (SSSR count). The number of anilines is 4. The van der Waals surface area contributed by atoms with Crippen LogP contribution >= 0.6 is 0 Å². The number of rotatable bonds is 6. The minimum absolute atomic E-state index is 0.0839. The zero-order valence-corrected chi connectivity index (χ0v) is 36.2. The summed E-state index contributed by atoms with van der Waals surface area (Å²) in [5.41, 5.74) is 7.60. The zero-order valence-electron chi connectivity index (χ0n) is 36.2. The van der Waals surface area contributed by atoms with Gasteiger partial charge in [-0.05, 0) is 113 Å². The molecule has 0 saturated heterocycles. The van der Waals surface area contributed by atoms with Crippen molar-refractivity contribution in [3.8, 4) is 22.3 Å². The van der Waals surface area contributed by atoms with Crippen molar-refractivity contribution in [2.75, 3.05) is 30.9 Å². The summed E-state index contributed by atoms with van der Waals surface area (Å²) in [4.78, 5) is 82.6. The number of amides is 4. The number of carbonyl (C=O) groups excluding carboxylic acids is 4. The molecule has 14 nitrogen and oxygen atoms in total. The van der Waals surface area contributed by atoms with Crippen LogP contribution in [0.15, 0.2) is 85.5 Å². The molecular weight excluding hydrogens is 769 g/mol. The van der Waals surface area contributed by atoms with Crippen LogP contribution in [-0.2, 0) is 20.4 Å². The van der Waals surface area contributed by atoms with Gasteiger partial charge in [-0.1, -0.05) is 36.4 Å². The maximum atomic E-state index is 13.4. The molecule has 6 aromatic rings. The lowest BCUT2D eigenvalue weighted by molar-refractivity contribution is -0.122. The lowest BCUT2D eigenvalue weighted by Gasteiger charge is -2.21. The van der Waals surface area contributed by atoms with Gasteiger partial charge in [-0.2, -0.15) is 0 Å². The molecule has 4 amide bonds. The van der Waals surface area contributed by atoms with E-state index in [1.165, 1.54) is 4.90 Å². The van der Waals surface area contributed by atoms with Crippen molar-refractivity contribution in [2.24, 2.45) is 0 Å². The Bertz CT molecular complexity index is 2740. The number of pyridine rings is 2. The molecule has 0 radical (unpaired) electrons. The van der Waals surface area contributed by atoms with Crippen molar-refractivity contribution in [3.05, 3.63) is 131 Å². The zero-order chi connectivity index (χ0) is 44.1. The van der Waals surface area contributed by atoms with Gasteiger partial charge in [0.1, 0.15) is 34.7 Å². The molecule has 0 atom stereocenters. The fourth-order valence-corrected chi connectivity index (χ4v) is 7.46. The van der Waals surface area contributed by atoms with Gasteiger partial charge in [-0.15, -0.1) is 0 Å². The van der Waals surface area contributed by atoms with Crippen LogP contribution in [0.25, 0.3) is 22.3 Å². The SMILES string of the molecule is CNC(=O)c1nc(N2C(=O)C(C)(C)c3ccc(-c4cnc(C)nc4)cc32)ccc1C.Cc1ncc(-c2ccc3c(c2)N(c2ccc(C)c(C(=O)N(C)C)n2)C(=O)C3(C)C)cn1. The first kappa shape index (κ1) is 41.9. The van der Waals surface area contributed by atoms with E-state index in [2.05, 4.69) is 35.2 Å². The lowest BCUT2D eigenvalue weighted by Crippen LogP contribution is -2.34. The fraction of sp³-hybridized carbons (Fsp3) is 0.277. The van der Waals surface area contributed by atoms with Crippen molar-refractivity contribution < 1.29 is 19.2 Å². The molecule has 2 aromatic carbocycles. The third-order valence-electron chi connectivity index (χ3n) is 11.2. The third-order valence-corrected chi connectivity index (χ3v) is 11.2. The molecule has 0 fully saturated rings. The Morgan fingerprint density at radius 1 is 0.574 bits per heavy atom. The van der Waals surface area contributed by atoms with Gasteiger partial charge in [0.2, 0.25) is 11.8 Å². The van der Waals surface area contributed by atoms with E-state index in [0.717, 1.165) is 55.9 Å². The summed E-state index contributed by atoms with van der Waals surface area (Å²) in [7, 11) is 4.93. The highest BCUT2D eigenvalue weighted by atomic mass is 16.2. The number of hydrogen-bond acceptors (Lipinski definition) is 10. The summed E-state index contributed by atoms with van der Waals surface area (Å²) in [5, 5.41) is 2.60. The number of carbonyl (C=O) groups is 4. The summed E-state index contributed by atoms with van der Waals surface area (Å²) < 4.78 is 0. The normalized spacial score (nSPS) is 14.5. The molecule has 0 bridgehead atoms. The average molecular weight is 817 g/mol. The Balaban J connectivity index is 0.000000184. The summed E-state index contributed by atoms with van der Waals surface area (Å²) >= 11 is 0. The number of fused-ring (bicyclic) bond motifs is 2. The molecule has 6 heterocycles. The maximum Gasteiger partial charge on any atom is 0.272 e. The van der Waals surface area contributed by atoms with Gasteiger partial charge in [-0.3, -0.25) is 29.0 Å². The number of aromatic nitrogens is 6. The van der Waals surface area contributed by atoms with Gasteiger partial charge in [0, 0.05) is 57.1 Å². The van der Waals surface area contributed by atoms with Crippen LogP contribution in [0.2, 0.25) is 0 Å². The second kappa shape index (κ2) is 15.8. The van der Waals surface area contributed by atoms with Crippen LogP contribution in [-0.4, -0.2) is 79.6 Å². The van der Waals surface area contributed by atoms with Gasteiger partial charge >= 0.3 is 0 Å². The smallest absolute Gasteiger partial charge is 0.272 e. The highest BCUT2D eigenvalue weighted by Gasteiger charge is 2.46. The van der Waals surface area contributed by atoms with Crippen molar-refractivity contribution >= 4 is 46.6 Å². The highest BCUT2D eigenvalue weighted by Crippen LogP contribution is 2.48. The molecule has 0 saturated carbocycles. The molecule has 0 spiro atoms. The first-order valence-electron chi connectivity index (χ1n) is 19.8. The summed E-state index contributed by atoms with van der Waals surface area (Å²) in [6.45, 7) is 14.9. The first-order valence-corrected chi connectivity index (χ1v) is 19.8. The predicted octanol–water partition coefficient (Wildman–Crippen LogP) is 7.28. The Kier molecular flexibility index (Phi) is 10.8. The van der Waals surface area contributed by atoms with Gasteiger partial charge in [0.25, 0.3) is 11.8 Å². The fourth-order valence-electron chi connectivity index (χ4n) is 7.46. The largest absolute Gasteiger partial charge is 0.354 e. The lowest BCUT2D eigenvalue weighted by atomic mass is 9.85. The van der Waals surface area contributed by atoms with Gasteiger partial charge in [0.15, 0.2) is 0 Å².